The van der Waals surface area contributed by atoms with Crippen molar-refractivity contribution in [3.05, 3.63) is 70.3 Å². The first-order chi connectivity index (χ1) is 12.6. The van der Waals surface area contributed by atoms with Crippen molar-refractivity contribution in [3.63, 3.8) is 0 Å². The van der Waals surface area contributed by atoms with Gasteiger partial charge in [-0.2, -0.15) is 0 Å². The Kier molecular flexibility index (Phi) is 7.30. The summed E-state index contributed by atoms with van der Waals surface area (Å²) in [5.41, 5.74) is 0.737. The average molecular weight is 355 g/mol. The van der Waals surface area contributed by atoms with E-state index < -0.39 is 4.92 Å². The van der Waals surface area contributed by atoms with E-state index in [1.54, 1.807) is 24.3 Å². The fourth-order valence-electron chi connectivity index (χ4n) is 2.21. The van der Waals surface area contributed by atoms with Gasteiger partial charge in [-0.25, -0.2) is 0 Å². The average Bonchev–Trinajstić information content (AvgIpc) is 2.66. The summed E-state index contributed by atoms with van der Waals surface area (Å²) in [6.45, 7) is 2.66. The normalized spacial score (nSPS) is 11.0. The minimum atomic E-state index is -0.494. The molecule has 0 bridgehead atoms. The first-order valence-electron chi connectivity index (χ1n) is 8.45. The van der Waals surface area contributed by atoms with Crippen LogP contribution in [-0.2, 0) is 4.79 Å². The van der Waals surface area contributed by atoms with E-state index in [4.69, 9.17) is 4.84 Å². The number of unbranched alkanes of at least 4 members (excludes halogenated alkanes) is 2. The van der Waals surface area contributed by atoms with E-state index in [9.17, 15) is 14.9 Å². The molecule has 7 heteroatoms. The quantitative estimate of drug-likeness (QED) is 0.321. The number of nitro groups is 1. The Morgan fingerprint density at radius 2 is 1.81 bits per heavy atom. The molecular formula is C19H21N3O4. The SMILES string of the molecule is CCCCCNC(=O)/C(=N/Oc1ccc([N+](=O)[O-])cc1)c1ccccc1. The molecule has 0 heterocycles. The van der Waals surface area contributed by atoms with E-state index in [-0.39, 0.29) is 17.3 Å². The number of benzene rings is 2. The number of nitro benzene ring substituents is 1. The third-order valence-corrected chi connectivity index (χ3v) is 3.62. The van der Waals surface area contributed by atoms with Crippen LogP contribution in [-0.4, -0.2) is 23.1 Å². The van der Waals surface area contributed by atoms with Crippen molar-refractivity contribution in [2.75, 3.05) is 6.54 Å². The summed E-state index contributed by atoms with van der Waals surface area (Å²) in [4.78, 5) is 28.0. The number of nitrogens with one attached hydrogen (secondary N) is 1. The van der Waals surface area contributed by atoms with E-state index in [0.717, 1.165) is 19.3 Å². The molecule has 0 spiro atoms. The number of hydrogen-bond donors (Lipinski definition) is 1. The number of non-ortho nitro benzene ring substituents is 1. The second-order valence-electron chi connectivity index (χ2n) is 5.61. The van der Waals surface area contributed by atoms with Crippen molar-refractivity contribution >= 4 is 17.3 Å². The second-order valence-corrected chi connectivity index (χ2v) is 5.61. The molecule has 0 saturated carbocycles. The number of carbonyl (C=O) groups excluding carboxylic acids is 1. The molecule has 0 aromatic heterocycles. The molecule has 0 atom stereocenters. The highest BCUT2D eigenvalue weighted by Crippen LogP contribution is 2.17. The molecular weight excluding hydrogens is 334 g/mol. The topological polar surface area (TPSA) is 93.8 Å². The molecule has 1 amide bonds. The summed E-state index contributed by atoms with van der Waals surface area (Å²) in [6, 6.07) is 14.5. The maximum absolute atomic E-state index is 12.5. The van der Waals surface area contributed by atoms with Crippen molar-refractivity contribution in [1.29, 1.82) is 0 Å². The van der Waals surface area contributed by atoms with Crippen LogP contribution in [0.3, 0.4) is 0 Å². The molecule has 0 fully saturated rings. The van der Waals surface area contributed by atoms with E-state index in [2.05, 4.69) is 17.4 Å². The zero-order chi connectivity index (χ0) is 18.8. The van der Waals surface area contributed by atoms with Gasteiger partial charge < -0.3 is 10.2 Å². The number of hydrogen-bond acceptors (Lipinski definition) is 5. The Labute approximate surface area is 151 Å². The highest BCUT2D eigenvalue weighted by Gasteiger charge is 2.15. The number of carbonyl (C=O) groups is 1. The lowest BCUT2D eigenvalue weighted by Gasteiger charge is -2.08. The molecule has 0 aliphatic heterocycles. The van der Waals surface area contributed by atoms with Gasteiger partial charge in [0.05, 0.1) is 4.92 Å². The molecule has 0 unspecified atom stereocenters. The van der Waals surface area contributed by atoms with Crippen LogP contribution in [0.4, 0.5) is 5.69 Å². The van der Waals surface area contributed by atoms with E-state index in [1.165, 1.54) is 24.3 Å². The van der Waals surface area contributed by atoms with Crippen LogP contribution in [0, 0.1) is 10.1 Å². The van der Waals surface area contributed by atoms with Crippen molar-refractivity contribution < 1.29 is 14.6 Å². The van der Waals surface area contributed by atoms with Gasteiger partial charge in [-0.3, -0.25) is 14.9 Å². The van der Waals surface area contributed by atoms with E-state index in [0.29, 0.717) is 17.9 Å². The van der Waals surface area contributed by atoms with E-state index >= 15 is 0 Å². The lowest BCUT2D eigenvalue weighted by Crippen LogP contribution is -2.32. The number of amides is 1. The predicted octanol–water partition coefficient (Wildman–Crippen LogP) is 3.68. The number of oxime groups is 1. The van der Waals surface area contributed by atoms with Gasteiger partial charge in [0.25, 0.3) is 11.6 Å². The van der Waals surface area contributed by atoms with Crippen LogP contribution >= 0.6 is 0 Å². The van der Waals surface area contributed by atoms with Gasteiger partial charge in [0.2, 0.25) is 0 Å². The Morgan fingerprint density at radius 3 is 2.42 bits per heavy atom. The van der Waals surface area contributed by atoms with Crippen LogP contribution in [0.25, 0.3) is 0 Å². The van der Waals surface area contributed by atoms with Gasteiger partial charge >= 0.3 is 0 Å². The lowest BCUT2D eigenvalue weighted by molar-refractivity contribution is -0.384. The monoisotopic (exact) mass is 355 g/mol. The molecule has 26 heavy (non-hydrogen) atoms. The molecule has 0 radical (unpaired) electrons. The lowest BCUT2D eigenvalue weighted by atomic mass is 10.1. The third-order valence-electron chi connectivity index (χ3n) is 3.62. The maximum atomic E-state index is 12.5. The minimum absolute atomic E-state index is 0.0433. The molecule has 0 aliphatic rings. The zero-order valence-electron chi connectivity index (χ0n) is 14.6. The standard InChI is InChI=1S/C19H21N3O4/c1-2-3-7-14-20-19(23)18(15-8-5-4-6-9-15)21-26-17-12-10-16(11-13-17)22(24)25/h4-6,8-13H,2-3,7,14H2,1H3,(H,20,23)/b21-18+. The van der Waals surface area contributed by atoms with Crippen molar-refractivity contribution in [1.82, 2.24) is 5.32 Å². The fourth-order valence-corrected chi connectivity index (χ4v) is 2.21. The Morgan fingerprint density at radius 1 is 1.12 bits per heavy atom. The van der Waals surface area contributed by atoms with Crippen LogP contribution in [0.1, 0.15) is 31.7 Å². The summed E-state index contributed by atoms with van der Waals surface area (Å²) in [7, 11) is 0. The number of rotatable bonds is 9. The molecule has 136 valence electrons. The highest BCUT2D eigenvalue weighted by molar-refractivity contribution is 6.45. The predicted molar refractivity (Wildman–Crippen MR) is 99.2 cm³/mol. The summed E-state index contributed by atoms with van der Waals surface area (Å²) in [5, 5.41) is 17.5. The summed E-state index contributed by atoms with van der Waals surface area (Å²) >= 11 is 0. The van der Waals surface area contributed by atoms with Gasteiger partial charge in [-0.05, 0) is 18.6 Å². The van der Waals surface area contributed by atoms with Crippen LogP contribution in [0.15, 0.2) is 59.8 Å². The largest absolute Gasteiger partial charge is 0.356 e. The van der Waals surface area contributed by atoms with Gasteiger partial charge in [0.15, 0.2) is 11.5 Å². The molecule has 0 aliphatic carbocycles. The molecule has 1 N–H and O–H groups in total. The van der Waals surface area contributed by atoms with Crippen LogP contribution in [0.5, 0.6) is 5.75 Å². The second kappa shape index (κ2) is 9.93. The van der Waals surface area contributed by atoms with Gasteiger partial charge in [0.1, 0.15) is 0 Å². The third kappa shape index (κ3) is 5.70. The minimum Gasteiger partial charge on any atom is -0.356 e. The summed E-state index contributed by atoms with van der Waals surface area (Å²) in [5.74, 6) is -0.0166. The van der Waals surface area contributed by atoms with Gasteiger partial charge in [-0.15, -0.1) is 0 Å². The molecule has 7 nitrogen and oxygen atoms in total. The molecule has 2 aromatic carbocycles. The van der Waals surface area contributed by atoms with Crippen LogP contribution < -0.4 is 10.2 Å². The first-order valence-corrected chi connectivity index (χ1v) is 8.45. The van der Waals surface area contributed by atoms with Crippen molar-refractivity contribution in [3.8, 4) is 5.75 Å². The fraction of sp³-hybridized carbons (Fsp3) is 0.263. The van der Waals surface area contributed by atoms with E-state index in [1.807, 2.05) is 6.07 Å². The van der Waals surface area contributed by atoms with Crippen molar-refractivity contribution in [2.45, 2.75) is 26.2 Å². The first kappa shape index (κ1) is 19.1. The number of nitrogens with zero attached hydrogens (tertiary/aromatic N) is 2. The van der Waals surface area contributed by atoms with Gasteiger partial charge in [0, 0.05) is 24.2 Å². The summed E-state index contributed by atoms with van der Waals surface area (Å²) in [6.07, 6.45) is 3.00. The van der Waals surface area contributed by atoms with Crippen LogP contribution in [0.2, 0.25) is 0 Å². The molecule has 0 saturated heterocycles. The molecule has 2 aromatic rings. The Balaban J connectivity index is 2.13. The highest BCUT2D eigenvalue weighted by atomic mass is 16.6. The Hall–Kier alpha value is -3.22. The van der Waals surface area contributed by atoms with Gasteiger partial charge in [-0.1, -0.05) is 55.3 Å². The van der Waals surface area contributed by atoms with Crippen molar-refractivity contribution in [2.24, 2.45) is 5.16 Å². The summed E-state index contributed by atoms with van der Waals surface area (Å²) < 4.78 is 0. The maximum Gasteiger partial charge on any atom is 0.273 e. The molecule has 2 rings (SSSR count). The smallest absolute Gasteiger partial charge is 0.273 e. The Bertz CT molecular complexity index is 758. The zero-order valence-corrected chi connectivity index (χ0v) is 14.6.